The van der Waals surface area contributed by atoms with E-state index in [0.717, 1.165) is 42.6 Å². The lowest BCUT2D eigenvalue weighted by molar-refractivity contribution is 0.0699. The van der Waals surface area contributed by atoms with Crippen molar-refractivity contribution in [2.24, 2.45) is 0 Å². The van der Waals surface area contributed by atoms with Crippen LogP contribution < -0.4 is 16.8 Å². The molecule has 1 aliphatic carbocycles. The third kappa shape index (κ3) is 3.68. The molecular weight excluding hydrogens is 392 g/mol. The van der Waals surface area contributed by atoms with Gasteiger partial charge in [-0.05, 0) is 25.0 Å². The first-order valence-electron chi connectivity index (χ1n) is 9.23. The van der Waals surface area contributed by atoms with Gasteiger partial charge < -0.3 is 26.4 Å². The number of nitrogen functional groups attached to an aromatic ring is 2. The number of thiophene rings is 1. The van der Waals surface area contributed by atoms with Crippen molar-refractivity contribution in [3.8, 4) is 11.3 Å². The Bertz CT molecular complexity index is 1060. The van der Waals surface area contributed by atoms with Crippen molar-refractivity contribution < 1.29 is 19.2 Å². The molecule has 0 unspecified atom stereocenters. The minimum absolute atomic E-state index is 0.00544. The van der Waals surface area contributed by atoms with Crippen LogP contribution in [0.15, 0.2) is 34.9 Å². The van der Waals surface area contributed by atoms with Crippen molar-refractivity contribution in [3.05, 3.63) is 46.5 Å². The molecule has 4 rings (SSSR count). The van der Waals surface area contributed by atoms with Gasteiger partial charge in [-0.3, -0.25) is 4.79 Å². The van der Waals surface area contributed by atoms with Crippen molar-refractivity contribution >= 4 is 39.5 Å². The summed E-state index contributed by atoms with van der Waals surface area (Å²) in [6.45, 7) is 0. The fourth-order valence-corrected chi connectivity index (χ4v) is 4.60. The summed E-state index contributed by atoms with van der Waals surface area (Å²) in [6.07, 6.45) is 4.12. The quantitative estimate of drug-likeness (QED) is 0.353. The maximum Gasteiger partial charge on any atom is 0.340 e. The average molecular weight is 412 g/mol. The molecular formula is C20H20N4O4S. The molecule has 3 aromatic rings. The maximum atomic E-state index is 12.9. The number of aromatic carboxylic acids is 1. The second-order valence-corrected chi connectivity index (χ2v) is 8.03. The van der Waals surface area contributed by atoms with Crippen molar-refractivity contribution in [2.75, 3.05) is 16.8 Å². The molecule has 1 aliphatic rings. The van der Waals surface area contributed by atoms with E-state index in [2.05, 4.69) is 10.5 Å². The number of nitrogens with two attached hydrogens (primary N) is 2. The molecule has 2 heterocycles. The van der Waals surface area contributed by atoms with E-state index < -0.39 is 11.8 Å². The smallest absolute Gasteiger partial charge is 0.340 e. The van der Waals surface area contributed by atoms with Gasteiger partial charge >= 0.3 is 5.97 Å². The molecule has 1 saturated carbocycles. The summed E-state index contributed by atoms with van der Waals surface area (Å²) < 4.78 is 5.22. The average Bonchev–Trinajstić information content (AvgIpc) is 3.42. The molecule has 0 radical (unpaired) electrons. The molecule has 0 aliphatic heterocycles. The Hall–Kier alpha value is -3.33. The van der Waals surface area contributed by atoms with Crippen LogP contribution in [0.3, 0.4) is 0 Å². The zero-order valence-corrected chi connectivity index (χ0v) is 16.3. The lowest BCUT2D eigenvalue weighted by Gasteiger charge is -2.12. The minimum Gasteiger partial charge on any atom is -0.478 e. The molecule has 9 heteroatoms. The van der Waals surface area contributed by atoms with Gasteiger partial charge in [0, 0.05) is 23.4 Å². The number of ketones is 1. The molecule has 150 valence electrons. The third-order valence-electron chi connectivity index (χ3n) is 5.00. The summed E-state index contributed by atoms with van der Waals surface area (Å²) in [6, 6.07) is 8.69. The van der Waals surface area contributed by atoms with Crippen LogP contribution >= 0.6 is 11.3 Å². The van der Waals surface area contributed by atoms with Gasteiger partial charge in [-0.2, -0.15) is 0 Å². The van der Waals surface area contributed by atoms with Crippen molar-refractivity contribution in [1.82, 2.24) is 5.16 Å². The highest BCUT2D eigenvalue weighted by Crippen LogP contribution is 2.39. The number of aromatic nitrogens is 1. The number of nitrogens with zero attached hydrogens (tertiary/aromatic N) is 1. The minimum atomic E-state index is -1.17. The summed E-state index contributed by atoms with van der Waals surface area (Å²) in [4.78, 5) is 24.8. The van der Waals surface area contributed by atoms with Crippen LogP contribution in [0, 0.1) is 0 Å². The summed E-state index contributed by atoms with van der Waals surface area (Å²) >= 11 is 1.04. The predicted molar refractivity (Wildman–Crippen MR) is 111 cm³/mol. The molecule has 2 aromatic heterocycles. The van der Waals surface area contributed by atoms with Crippen LogP contribution in [0.5, 0.6) is 0 Å². The number of anilines is 3. The molecule has 0 amide bonds. The number of benzene rings is 1. The van der Waals surface area contributed by atoms with Crippen molar-refractivity contribution in [1.29, 1.82) is 0 Å². The lowest BCUT2D eigenvalue weighted by Crippen LogP contribution is -2.15. The topological polar surface area (TPSA) is 144 Å². The summed E-state index contributed by atoms with van der Waals surface area (Å²) in [5.74, 6) is -1.67. The van der Waals surface area contributed by atoms with Crippen LogP contribution in [-0.2, 0) is 0 Å². The van der Waals surface area contributed by atoms with E-state index in [1.54, 1.807) is 24.3 Å². The molecule has 6 N–H and O–H groups in total. The number of nitrogens with one attached hydrogen (secondary N) is 1. The number of carboxylic acid groups (broad SMARTS) is 1. The first kappa shape index (κ1) is 19.0. The fourth-order valence-electron chi connectivity index (χ4n) is 3.47. The Kier molecular flexibility index (Phi) is 4.98. The van der Waals surface area contributed by atoms with Gasteiger partial charge in [0.25, 0.3) is 0 Å². The maximum absolute atomic E-state index is 12.9. The van der Waals surface area contributed by atoms with Gasteiger partial charge in [-0.15, -0.1) is 11.3 Å². The Labute approximate surface area is 170 Å². The Morgan fingerprint density at radius 1 is 1.17 bits per heavy atom. The van der Waals surface area contributed by atoms with E-state index in [1.807, 2.05) is 0 Å². The highest BCUT2D eigenvalue weighted by molar-refractivity contribution is 7.19. The monoisotopic (exact) mass is 412 g/mol. The largest absolute Gasteiger partial charge is 0.478 e. The second-order valence-electron chi connectivity index (χ2n) is 7.01. The molecule has 1 fully saturated rings. The van der Waals surface area contributed by atoms with Crippen LogP contribution in [0.4, 0.5) is 16.4 Å². The number of hydrogen-bond acceptors (Lipinski definition) is 8. The van der Waals surface area contributed by atoms with Crippen LogP contribution in [0.2, 0.25) is 0 Å². The van der Waals surface area contributed by atoms with Gasteiger partial charge in [0.1, 0.15) is 21.1 Å². The molecule has 0 spiro atoms. The molecule has 8 nitrogen and oxygen atoms in total. The number of carbonyl (C=O) groups is 2. The normalized spacial score (nSPS) is 14.2. The second kappa shape index (κ2) is 7.59. The van der Waals surface area contributed by atoms with Crippen molar-refractivity contribution in [2.45, 2.75) is 31.7 Å². The SMILES string of the molecule is Nc1ccc(-c2cc(C(=O)c3sc(NC4CCCC4)c(C(=O)O)c3N)on2)cc1. The van der Waals surface area contributed by atoms with E-state index in [0.29, 0.717) is 16.4 Å². The molecule has 1 aromatic carbocycles. The standard InChI is InChI=1S/C20H20N4O4S/c21-11-7-5-10(6-8-11)13-9-14(28-24-13)17(25)18-16(22)15(20(26)27)19(29-18)23-12-3-1-2-4-12/h5-9,12,23H,1-4,21-22H2,(H,26,27). The van der Waals surface area contributed by atoms with E-state index >= 15 is 0 Å². The number of carbonyl (C=O) groups excluding carboxylic acids is 1. The molecule has 29 heavy (non-hydrogen) atoms. The zero-order chi connectivity index (χ0) is 20.5. The Balaban J connectivity index is 1.64. The van der Waals surface area contributed by atoms with Gasteiger partial charge in [0.15, 0.2) is 0 Å². The Morgan fingerprint density at radius 2 is 1.86 bits per heavy atom. The number of carboxylic acids is 1. The first-order chi connectivity index (χ1) is 13.9. The van der Waals surface area contributed by atoms with E-state index in [9.17, 15) is 14.7 Å². The highest BCUT2D eigenvalue weighted by Gasteiger charge is 2.29. The molecule has 0 atom stereocenters. The van der Waals surface area contributed by atoms with Crippen LogP contribution in [0.1, 0.15) is 51.5 Å². The predicted octanol–water partition coefficient (Wildman–Crippen LogP) is 3.85. The highest BCUT2D eigenvalue weighted by atomic mass is 32.1. The van der Waals surface area contributed by atoms with Gasteiger partial charge in [-0.25, -0.2) is 4.79 Å². The van der Waals surface area contributed by atoms with Gasteiger partial charge in [0.05, 0.1) is 5.69 Å². The molecule has 0 bridgehead atoms. The van der Waals surface area contributed by atoms with Gasteiger partial charge in [0.2, 0.25) is 11.5 Å². The van der Waals surface area contributed by atoms with Crippen LogP contribution in [-0.4, -0.2) is 28.1 Å². The van der Waals surface area contributed by atoms with E-state index in [1.165, 1.54) is 6.07 Å². The molecule has 0 saturated heterocycles. The third-order valence-corrected chi connectivity index (χ3v) is 6.13. The lowest BCUT2D eigenvalue weighted by atomic mass is 10.1. The fraction of sp³-hybridized carbons (Fsp3) is 0.250. The zero-order valence-electron chi connectivity index (χ0n) is 15.5. The first-order valence-corrected chi connectivity index (χ1v) is 10.0. The summed E-state index contributed by atoms with van der Waals surface area (Å²) in [7, 11) is 0. The Morgan fingerprint density at radius 3 is 2.52 bits per heavy atom. The number of rotatable bonds is 6. The number of hydrogen-bond donors (Lipinski definition) is 4. The summed E-state index contributed by atoms with van der Waals surface area (Å²) in [5, 5.41) is 17.2. The van der Waals surface area contributed by atoms with Crippen LogP contribution in [0.25, 0.3) is 11.3 Å². The van der Waals surface area contributed by atoms with E-state index in [4.69, 9.17) is 16.0 Å². The summed E-state index contributed by atoms with van der Waals surface area (Å²) in [5.41, 5.74) is 13.4. The van der Waals surface area contributed by atoms with E-state index in [-0.39, 0.29) is 27.9 Å². The van der Waals surface area contributed by atoms with Crippen molar-refractivity contribution in [3.63, 3.8) is 0 Å². The van der Waals surface area contributed by atoms with Gasteiger partial charge in [-0.1, -0.05) is 30.1 Å².